The van der Waals surface area contributed by atoms with Gasteiger partial charge in [0.15, 0.2) is 0 Å². The van der Waals surface area contributed by atoms with E-state index in [4.69, 9.17) is 16.2 Å². The SMILES string of the molecule is Cn1nc(C2=CC3CN(C(=O)OC(C)(C)C)CC3C2)c(C(N)=O)c1N. The number of primary amides is 1. The lowest BCUT2D eigenvalue weighted by atomic mass is 9.99. The van der Waals surface area contributed by atoms with Crippen molar-refractivity contribution < 1.29 is 14.3 Å². The zero-order valence-corrected chi connectivity index (χ0v) is 15.1. The van der Waals surface area contributed by atoms with E-state index in [0.717, 1.165) is 12.0 Å². The van der Waals surface area contributed by atoms with Crippen molar-refractivity contribution in [2.75, 3.05) is 18.8 Å². The predicted octanol–water partition coefficient (Wildman–Crippen LogP) is 1.37. The van der Waals surface area contributed by atoms with Crippen LogP contribution < -0.4 is 11.5 Å². The van der Waals surface area contributed by atoms with Gasteiger partial charge in [-0.2, -0.15) is 5.10 Å². The Morgan fingerprint density at radius 1 is 1.32 bits per heavy atom. The van der Waals surface area contributed by atoms with Crippen LogP contribution in [0, 0.1) is 11.8 Å². The number of nitrogens with two attached hydrogens (primary N) is 2. The highest BCUT2D eigenvalue weighted by Gasteiger charge is 2.41. The number of ether oxygens (including phenoxy) is 1. The Kier molecular flexibility index (Phi) is 4.01. The summed E-state index contributed by atoms with van der Waals surface area (Å²) in [6.07, 6.45) is 2.54. The molecule has 3 rings (SSSR count). The number of nitrogen functional groups attached to an aromatic ring is 1. The maximum atomic E-state index is 12.2. The van der Waals surface area contributed by atoms with Crippen molar-refractivity contribution in [1.82, 2.24) is 14.7 Å². The third kappa shape index (κ3) is 3.20. The number of carbonyl (C=O) groups excluding carboxylic acids is 2. The van der Waals surface area contributed by atoms with Crippen molar-refractivity contribution in [3.8, 4) is 0 Å². The van der Waals surface area contributed by atoms with E-state index >= 15 is 0 Å². The van der Waals surface area contributed by atoms with E-state index in [1.54, 1.807) is 11.9 Å². The molecule has 1 aliphatic heterocycles. The molecule has 2 heterocycles. The van der Waals surface area contributed by atoms with Gasteiger partial charge in [0, 0.05) is 26.1 Å². The van der Waals surface area contributed by atoms with Crippen LogP contribution in [0.2, 0.25) is 0 Å². The molecule has 4 N–H and O–H groups in total. The second kappa shape index (κ2) is 5.79. The number of carbonyl (C=O) groups is 2. The van der Waals surface area contributed by atoms with Crippen molar-refractivity contribution >= 4 is 23.4 Å². The van der Waals surface area contributed by atoms with Crippen LogP contribution in [0.4, 0.5) is 10.6 Å². The van der Waals surface area contributed by atoms with Gasteiger partial charge in [-0.3, -0.25) is 9.48 Å². The summed E-state index contributed by atoms with van der Waals surface area (Å²) in [5.74, 6) is 0.225. The first-order valence-corrected chi connectivity index (χ1v) is 8.38. The second-order valence-electron chi connectivity index (χ2n) is 7.80. The molecule has 8 nitrogen and oxygen atoms in total. The van der Waals surface area contributed by atoms with Crippen LogP contribution in [0.25, 0.3) is 5.57 Å². The van der Waals surface area contributed by atoms with Crippen LogP contribution in [-0.4, -0.2) is 45.4 Å². The molecule has 2 unspecified atom stereocenters. The highest BCUT2D eigenvalue weighted by Crippen LogP contribution is 2.42. The molecule has 2 amide bonds. The molecule has 8 heteroatoms. The lowest BCUT2D eigenvalue weighted by Gasteiger charge is -2.24. The van der Waals surface area contributed by atoms with Crippen molar-refractivity contribution in [1.29, 1.82) is 0 Å². The van der Waals surface area contributed by atoms with E-state index in [0.29, 0.717) is 24.7 Å². The quantitative estimate of drug-likeness (QED) is 0.838. The minimum absolute atomic E-state index is 0.228. The smallest absolute Gasteiger partial charge is 0.410 e. The molecular formula is C17H25N5O3. The van der Waals surface area contributed by atoms with Crippen molar-refractivity contribution in [2.45, 2.75) is 32.8 Å². The fourth-order valence-corrected chi connectivity index (χ4v) is 3.57. The minimum Gasteiger partial charge on any atom is -0.444 e. The Hall–Kier alpha value is -2.51. The Balaban J connectivity index is 1.77. The minimum atomic E-state index is -0.575. The fourth-order valence-electron chi connectivity index (χ4n) is 3.57. The van der Waals surface area contributed by atoms with Crippen molar-refractivity contribution in [2.24, 2.45) is 24.6 Å². The number of amides is 2. The van der Waals surface area contributed by atoms with Crippen LogP contribution in [0.3, 0.4) is 0 Å². The van der Waals surface area contributed by atoms with Gasteiger partial charge < -0.3 is 21.1 Å². The Morgan fingerprint density at radius 2 is 2.00 bits per heavy atom. The van der Waals surface area contributed by atoms with E-state index in [2.05, 4.69) is 11.2 Å². The number of hydrogen-bond acceptors (Lipinski definition) is 5. The number of fused-ring (bicyclic) bond motifs is 1. The van der Waals surface area contributed by atoms with Crippen molar-refractivity contribution in [3.63, 3.8) is 0 Å². The fraction of sp³-hybridized carbons (Fsp3) is 0.588. The molecule has 1 saturated heterocycles. The average molecular weight is 347 g/mol. The van der Waals surface area contributed by atoms with Gasteiger partial charge in [-0.05, 0) is 38.7 Å². The largest absolute Gasteiger partial charge is 0.444 e. The second-order valence-corrected chi connectivity index (χ2v) is 7.80. The van der Waals surface area contributed by atoms with Crippen LogP contribution in [-0.2, 0) is 11.8 Å². The Labute approximate surface area is 146 Å². The summed E-state index contributed by atoms with van der Waals surface area (Å²) in [6.45, 7) is 6.81. The molecule has 25 heavy (non-hydrogen) atoms. The normalized spacial score (nSPS) is 22.7. The molecule has 1 fully saturated rings. The number of aromatic nitrogens is 2. The standard InChI is InChI=1S/C17H25N5O3/c1-17(2,3)25-16(24)22-7-10-5-9(6-11(10)8-22)13-12(15(19)23)14(18)21(4)20-13/h5,10-11H,6-8,18H2,1-4H3,(H2,19,23). The summed E-state index contributed by atoms with van der Waals surface area (Å²) < 4.78 is 6.91. The highest BCUT2D eigenvalue weighted by atomic mass is 16.6. The molecular weight excluding hydrogens is 322 g/mol. The molecule has 0 spiro atoms. The third-order valence-corrected chi connectivity index (χ3v) is 4.68. The molecule has 0 radical (unpaired) electrons. The Bertz CT molecular complexity index is 759. The molecule has 1 aliphatic carbocycles. The summed E-state index contributed by atoms with van der Waals surface area (Å²) >= 11 is 0. The molecule has 0 bridgehead atoms. The van der Waals surface area contributed by atoms with Crippen molar-refractivity contribution in [3.05, 3.63) is 17.3 Å². The van der Waals surface area contributed by atoms with E-state index in [9.17, 15) is 9.59 Å². The lowest BCUT2D eigenvalue weighted by Crippen LogP contribution is -2.35. The zero-order valence-electron chi connectivity index (χ0n) is 15.1. The highest BCUT2D eigenvalue weighted by molar-refractivity contribution is 6.01. The van der Waals surface area contributed by atoms with Gasteiger partial charge in [-0.25, -0.2) is 4.79 Å². The van der Waals surface area contributed by atoms with E-state index in [1.165, 1.54) is 4.68 Å². The maximum absolute atomic E-state index is 12.2. The molecule has 2 atom stereocenters. The van der Waals surface area contributed by atoms with Gasteiger partial charge in [-0.15, -0.1) is 0 Å². The number of anilines is 1. The van der Waals surface area contributed by atoms with E-state index in [1.807, 2.05) is 20.8 Å². The predicted molar refractivity (Wildman–Crippen MR) is 93.5 cm³/mol. The molecule has 1 aromatic heterocycles. The molecule has 1 aromatic rings. The van der Waals surface area contributed by atoms with E-state index in [-0.39, 0.29) is 23.4 Å². The first-order chi connectivity index (χ1) is 11.6. The van der Waals surface area contributed by atoms with Crippen LogP contribution >= 0.6 is 0 Å². The topological polar surface area (TPSA) is 116 Å². The van der Waals surface area contributed by atoms with E-state index < -0.39 is 11.5 Å². The third-order valence-electron chi connectivity index (χ3n) is 4.68. The lowest BCUT2D eigenvalue weighted by molar-refractivity contribution is 0.0285. The molecule has 136 valence electrons. The molecule has 2 aliphatic rings. The zero-order chi connectivity index (χ0) is 18.5. The number of aryl methyl sites for hydroxylation is 1. The number of rotatable bonds is 2. The summed E-state index contributed by atoms with van der Waals surface area (Å²) in [7, 11) is 1.69. The molecule has 0 saturated carbocycles. The average Bonchev–Trinajstić information content (AvgIpc) is 3.08. The number of likely N-dealkylation sites (tertiary alicyclic amines) is 1. The summed E-state index contributed by atoms with van der Waals surface area (Å²) in [4.78, 5) is 25.7. The molecule has 0 aromatic carbocycles. The van der Waals surface area contributed by atoms with Crippen LogP contribution in [0.15, 0.2) is 6.08 Å². The Morgan fingerprint density at radius 3 is 2.56 bits per heavy atom. The van der Waals surface area contributed by atoms with Gasteiger partial charge in [0.1, 0.15) is 22.7 Å². The monoisotopic (exact) mass is 347 g/mol. The number of nitrogens with zero attached hydrogens (tertiary/aromatic N) is 3. The first kappa shape index (κ1) is 17.3. The number of allylic oxidation sites excluding steroid dienone is 1. The summed E-state index contributed by atoms with van der Waals surface area (Å²) in [5, 5.41) is 4.36. The van der Waals surface area contributed by atoms with Gasteiger partial charge in [0.2, 0.25) is 0 Å². The maximum Gasteiger partial charge on any atom is 0.410 e. The van der Waals surface area contributed by atoms with Gasteiger partial charge in [-0.1, -0.05) is 6.08 Å². The van der Waals surface area contributed by atoms with Crippen LogP contribution in [0.1, 0.15) is 43.2 Å². The van der Waals surface area contributed by atoms with Crippen LogP contribution in [0.5, 0.6) is 0 Å². The van der Waals surface area contributed by atoms with Gasteiger partial charge in [0.05, 0.1) is 0 Å². The summed E-state index contributed by atoms with van der Waals surface area (Å²) in [5.41, 5.74) is 12.7. The first-order valence-electron chi connectivity index (χ1n) is 8.38. The van der Waals surface area contributed by atoms with Gasteiger partial charge in [0.25, 0.3) is 5.91 Å². The number of hydrogen-bond donors (Lipinski definition) is 2. The summed E-state index contributed by atoms with van der Waals surface area (Å²) in [6, 6.07) is 0. The van der Waals surface area contributed by atoms with Gasteiger partial charge >= 0.3 is 6.09 Å².